The molecule has 0 aromatic carbocycles. The summed E-state index contributed by atoms with van der Waals surface area (Å²) in [6, 6.07) is 0. The summed E-state index contributed by atoms with van der Waals surface area (Å²) in [6.45, 7) is 5.40. The van der Waals surface area contributed by atoms with E-state index in [9.17, 15) is 8.42 Å². The molecule has 0 saturated carbocycles. The van der Waals surface area contributed by atoms with Crippen molar-refractivity contribution in [2.75, 3.05) is 13.2 Å². The van der Waals surface area contributed by atoms with E-state index in [-0.39, 0.29) is 11.5 Å². The van der Waals surface area contributed by atoms with E-state index in [1.54, 1.807) is 6.92 Å². The molecular weight excluding hydrogens is 176 g/mol. The molecule has 3 nitrogen and oxygen atoms in total. The summed E-state index contributed by atoms with van der Waals surface area (Å²) in [5.74, 6) is 0. The normalized spacial score (nSPS) is 11.4. The molecule has 0 radical (unpaired) electrons. The number of halogens is 1. The Bertz CT molecular complexity index is 207. The number of ether oxygens (including phenoxy) is 1. The lowest BCUT2D eigenvalue weighted by Gasteiger charge is -1.99. The molecule has 0 unspecified atom stereocenters. The molecule has 5 heteroatoms. The molecule has 0 aliphatic carbocycles. The minimum absolute atomic E-state index is 0.0255. The first-order chi connectivity index (χ1) is 4.48. The van der Waals surface area contributed by atoms with Gasteiger partial charge >= 0.3 is 0 Å². The second-order valence-corrected chi connectivity index (χ2v) is 4.29. The van der Waals surface area contributed by atoms with Crippen LogP contribution in [0.4, 0.5) is 0 Å². The minimum Gasteiger partial charge on any atom is -0.376 e. The molecule has 0 aromatic rings. The number of rotatable bonds is 4. The summed E-state index contributed by atoms with van der Waals surface area (Å²) in [7, 11) is 1.29. The smallest absolute Gasteiger partial charge is 0.259 e. The summed E-state index contributed by atoms with van der Waals surface area (Å²) in [6.07, 6.45) is 0. The molecule has 0 rings (SSSR count). The maximum absolute atomic E-state index is 10.4. The Morgan fingerprint density at radius 2 is 2.20 bits per heavy atom. The quantitative estimate of drug-likeness (QED) is 0.615. The predicted octanol–water partition coefficient (Wildman–Crippen LogP) is 1.11. The summed E-state index contributed by atoms with van der Waals surface area (Å²) in [5, 5.41) is 0. The Morgan fingerprint density at radius 3 is 2.50 bits per heavy atom. The zero-order valence-electron chi connectivity index (χ0n) is 5.63. The van der Waals surface area contributed by atoms with E-state index in [0.29, 0.717) is 6.61 Å². The highest BCUT2D eigenvalue weighted by atomic mass is 35.7. The summed E-state index contributed by atoms with van der Waals surface area (Å²) >= 11 is 0. The number of hydrogen-bond acceptors (Lipinski definition) is 3. The fraction of sp³-hybridized carbons (Fsp3) is 0.600. The molecule has 0 spiro atoms. The Morgan fingerprint density at radius 1 is 1.70 bits per heavy atom. The van der Waals surface area contributed by atoms with Crippen LogP contribution in [0, 0.1) is 0 Å². The van der Waals surface area contributed by atoms with Crippen molar-refractivity contribution in [3.63, 3.8) is 0 Å². The van der Waals surface area contributed by atoms with E-state index in [0.717, 1.165) is 0 Å². The van der Waals surface area contributed by atoms with Gasteiger partial charge < -0.3 is 4.74 Å². The average Bonchev–Trinajstić information content (AvgIpc) is 1.80. The third kappa shape index (κ3) is 3.87. The van der Waals surface area contributed by atoms with Gasteiger partial charge in [0.1, 0.15) is 0 Å². The molecule has 0 saturated heterocycles. The van der Waals surface area contributed by atoms with Gasteiger partial charge in [0.2, 0.25) is 0 Å². The van der Waals surface area contributed by atoms with Crippen LogP contribution in [0.3, 0.4) is 0 Å². The molecule has 10 heavy (non-hydrogen) atoms. The van der Waals surface area contributed by atoms with Crippen LogP contribution in [-0.4, -0.2) is 21.6 Å². The SMILES string of the molecule is C=C(COCC)S(=O)(=O)Cl. The van der Waals surface area contributed by atoms with Crippen molar-refractivity contribution in [2.45, 2.75) is 6.92 Å². The standard InChI is InChI=1S/C5H9ClO3S/c1-3-9-4-5(2)10(6,7)8/h2-4H2,1H3. The summed E-state index contributed by atoms with van der Waals surface area (Å²) < 4.78 is 25.6. The monoisotopic (exact) mass is 184 g/mol. The highest BCUT2D eigenvalue weighted by Crippen LogP contribution is 2.08. The maximum Gasteiger partial charge on any atom is 0.259 e. The lowest BCUT2D eigenvalue weighted by molar-refractivity contribution is 0.175. The van der Waals surface area contributed by atoms with Crippen molar-refractivity contribution < 1.29 is 13.2 Å². The Hall–Kier alpha value is -0.0600. The van der Waals surface area contributed by atoms with Gasteiger partial charge in [0.05, 0.1) is 11.5 Å². The highest BCUT2D eigenvalue weighted by molar-refractivity contribution is 8.16. The van der Waals surface area contributed by atoms with Crippen LogP contribution < -0.4 is 0 Å². The van der Waals surface area contributed by atoms with Crippen molar-refractivity contribution in [3.05, 3.63) is 11.5 Å². The van der Waals surface area contributed by atoms with E-state index in [4.69, 9.17) is 15.4 Å². The molecule has 60 valence electrons. The third-order valence-electron chi connectivity index (χ3n) is 0.812. The first kappa shape index (κ1) is 9.94. The van der Waals surface area contributed by atoms with E-state index in [2.05, 4.69) is 6.58 Å². The van der Waals surface area contributed by atoms with Gasteiger partial charge in [-0.25, -0.2) is 8.42 Å². The van der Waals surface area contributed by atoms with Crippen LogP contribution in [0.15, 0.2) is 11.5 Å². The van der Waals surface area contributed by atoms with Crippen LogP contribution >= 0.6 is 10.7 Å². The van der Waals surface area contributed by atoms with Crippen molar-refractivity contribution >= 4 is 19.7 Å². The maximum atomic E-state index is 10.4. The molecule has 0 heterocycles. The van der Waals surface area contributed by atoms with Crippen LogP contribution in [0.5, 0.6) is 0 Å². The predicted molar refractivity (Wildman–Crippen MR) is 40.4 cm³/mol. The Labute approximate surface area is 65.1 Å². The van der Waals surface area contributed by atoms with Gasteiger partial charge in [-0.1, -0.05) is 6.58 Å². The first-order valence-electron chi connectivity index (χ1n) is 2.68. The van der Waals surface area contributed by atoms with Gasteiger partial charge in [-0.15, -0.1) is 0 Å². The van der Waals surface area contributed by atoms with Crippen molar-refractivity contribution in [3.8, 4) is 0 Å². The lowest BCUT2D eigenvalue weighted by Crippen LogP contribution is -2.02. The minimum atomic E-state index is -3.62. The highest BCUT2D eigenvalue weighted by Gasteiger charge is 2.09. The zero-order valence-corrected chi connectivity index (χ0v) is 7.20. The molecular formula is C5H9ClO3S. The fourth-order valence-electron chi connectivity index (χ4n) is 0.286. The van der Waals surface area contributed by atoms with Gasteiger partial charge in [0, 0.05) is 17.3 Å². The Kier molecular flexibility index (Phi) is 3.93. The summed E-state index contributed by atoms with van der Waals surface area (Å²) in [5.41, 5.74) is 0. The second-order valence-electron chi connectivity index (χ2n) is 1.61. The average molecular weight is 185 g/mol. The van der Waals surface area contributed by atoms with E-state index in [1.807, 2.05) is 0 Å². The molecule has 0 aliphatic rings. The molecule has 0 aliphatic heterocycles. The van der Waals surface area contributed by atoms with Crippen LogP contribution in [0.2, 0.25) is 0 Å². The van der Waals surface area contributed by atoms with Gasteiger partial charge in [-0.05, 0) is 6.92 Å². The summed E-state index contributed by atoms with van der Waals surface area (Å²) in [4.78, 5) is -0.101. The van der Waals surface area contributed by atoms with Crippen molar-refractivity contribution in [1.29, 1.82) is 0 Å². The van der Waals surface area contributed by atoms with Crippen LogP contribution in [-0.2, 0) is 13.8 Å². The molecule has 0 fully saturated rings. The second kappa shape index (κ2) is 3.95. The van der Waals surface area contributed by atoms with Gasteiger partial charge in [-0.3, -0.25) is 0 Å². The topological polar surface area (TPSA) is 43.4 Å². The first-order valence-corrected chi connectivity index (χ1v) is 4.99. The van der Waals surface area contributed by atoms with Crippen molar-refractivity contribution in [1.82, 2.24) is 0 Å². The molecule has 0 amide bonds. The third-order valence-corrected chi connectivity index (χ3v) is 2.27. The van der Waals surface area contributed by atoms with E-state index in [1.165, 1.54) is 0 Å². The van der Waals surface area contributed by atoms with Gasteiger partial charge in [0.25, 0.3) is 9.05 Å². The van der Waals surface area contributed by atoms with Gasteiger partial charge in [-0.2, -0.15) is 0 Å². The fourth-order valence-corrected chi connectivity index (χ4v) is 0.644. The zero-order chi connectivity index (χ0) is 8.20. The number of hydrogen-bond donors (Lipinski definition) is 0. The van der Waals surface area contributed by atoms with E-state index >= 15 is 0 Å². The van der Waals surface area contributed by atoms with Crippen LogP contribution in [0.25, 0.3) is 0 Å². The van der Waals surface area contributed by atoms with Gasteiger partial charge in [0.15, 0.2) is 0 Å². The lowest BCUT2D eigenvalue weighted by atomic mass is 10.7. The molecule has 0 bridgehead atoms. The van der Waals surface area contributed by atoms with Crippen molar-refractivity contribution in [2.24, 2.45) is 0 Å². The molecule has 0 N–H and O–H groups in total. The van der Waals surface area contributed by atoms with Crippen LogP contribution in [0.1, 0.15) is 6.92 Å². The molecule has 0 atom stereocenters. The largest absolute Gasteiger partial charge is 0.376 e. The Balaban J connectivity index is 3.88. The molecule has 0 aromatic heterocycles. The van der Waals surface area contributed by atoms with E-state index < -0.39 is 9.05 Å².